The van der Waals surface area contributed by atoms with Gasteiger partial charge in [0.05, 0.1) is 0 Å². The molecule has 0 aromatic carbocycles. The summed E-state index contributed by atoms with van der Waals surface area (Å²) in [7, 11) is 0. The summed E-state index contributed by atoms with van der Waals surface area (Å²) < 4.78 is 0. The fourth-order valence-corrected chi connectivity index (χ4v) is 2.89. The minimum absolute atomic E-state index is 0.891. The lowest BCUT2D eigenvalue weighted by Gasteiger charge is -2.28. The Bertz CT molecular complexity index is 437. The summed E-state index contributed by atoms with van der Waals surface area (Å²) in [4.78, 5) is 12.0. The first kappa shape index (κ1) is 16.1. The molecule has 0 unspecified atom stereocenters. The molecule has 118 valence electrons. The van der Waals surface area contributed by atoms with E-state index < -0.39 is 0 Å². The van der Waals surface area contributed by atoms with Crippen molar-refractivity contribution in [2.45, 2.75) is 65.7 Å². The van der Waals surface area contributed by atoms with Crippen LogP contribution in [0.1, 0.15) is 63.8 Å². The Labute approximate surface area is 129 Å². The number of nitrogens with zero attached hydrogens (tertiary/aromatic N) is 3. The van der Waals surface area contributed by atoms with E-state index in [1.807, 2.05) is 0 Å². The summed E-state index contributed by atoms with van der Waals surface area (Å²) in [5, 5.41) is 3.47. The number of aromatic nitrogens is 2. The molecular formula is C17H30N4. The van der Waals surface area contributed by atoms with Crippen molar-refractivity contribution in [2.24, 2.45) is 0 Å². The highest BCUT2D eigenvalue weighted by molar-refractivity contribution is 5.58. The normalized spacial score (nSPS) is 16.4. The molecule has 0 amide bonds. The van der Waals surface area contributed by atoms with Gasteiger partial charge in [-0.05, 0) is 26.2 Å². The average Bonchev–Trinajstić information content (AvgIpc) is 2.46. The van der Waals surface area contributed by atoms with Crippen molar-refractivity contribution in [3.63, 3.8) is 0 Å². The monoisotopic (exact) mass is 290 g/mol. The summed E-state index contributed by atoms with van der Waals surface area (Å²) >= 11 is 0. The van der Waals surface area contributed by atoms with Gasteiger partial charge in [-0.25, -0.2) is 9.97 Å². The average molecular weight is 290 g/mol. The van der Waals surface area contributed by atoms with Crippen LogP contribution in [0.5, 0.6) is 0 Å². The number of hydrogen-bond donors (Lipinski definition) is 1. The van der Waals surface area contributed by atoms with Gasteiger partial charge in [0.1, 0.15) is 17.5 Å². The molecule has 0 spiro atoms. The van der Waals surface area contributed by atoms with Crippen LogP contribution in [0.25, 0.3) is 0 Å². The number of anilines is 2. The minimum Gasteiger partial charge on any atom is -0.370 e. The Hall–Kier alpha value is -1.32. The molecule has 1 saturated heterocycles. The second-order valence-electron chi connectivity index (χ2n) is 5.97. The number of aryl methyl sites for hydroxylation is 1. The lowest BCUT2D eigenvalue weighted by molar-refractivity contribution is 0.552. The van der Waals surface area contributed by atoms with E-state index in [4.69, 9.17) is 4.98 Å². The Balaban J connectivity index is 2.26. The van der Waals surface area contributed by atoms with E-state index in [0.29, 0.717) is 0 Å². The van der Waals surface area contributed by atoms with Crippen LogP contribution in [-0.4, -0.2) is 29.6 Å². The quantitative estimate of drug-likeness (QED) is 0.892. The zero-order valence-corrected chi connectivity index (χ0v) is 13.9. The molecule has 1 fully saturated rings. The van der Waals surface area contributed by atoms with Gasteiger partial charge >= 0.3 is 0 Å². The zero-order chi connectivity index (χ0) is 15.1. The second kappa shape index (κ2) is 8.20. The van der Waals surface area contributed by atoms with Crippen molar-refractivity contribution in [1.29, 1.82) is 0 Å². The van der Waals surface area contributed by atoms with Gasteiger partial charge in [-0.1, -0.05) is 33.1 Å². The van der Waals surface area contributed by atoms with E-state index in [2.05, 4.69) is 36.0 Å². The molecule has 0 saturated carbocycles. The summed E-state index contributed by atoms with van der Waals surface area (Å²) in [5.41, 5.74) is 1.21. The first-order chi connectivity index (χ1) is 10.3. The molecule has 1 aliphatic heterocycles. The molecule has 2 rings (SSSR count). The molecule has 1 N–H and O–H groups in total. The molecule has 2 heterocycles. The van der Waals surface area contributed by atoms with E-state index in [1.165, 1.54) is 37.7 Å². The minimum atomic E-state index is 0.891. The van der Waals surface area contributed by atoms with Gasteiger partial charge in [0.2, 0.25) is 0 Å². The largest absolute Gasteiger partial charge is 0.370 e. The van der Waals surface area contributed by atoms with Crippen LogP contribution in [0, 0.1) is 6.92 Å². The molecule has 4 nitrogen and oxygen atoms in total. The summed E-state index contributed by atoms with van der Waals surface area (Å²) in [6.07, 6.45) is 8.65. The Morgan fingerprint density at radius 1 is 1.00 bits per heavy atom. The van der Waals surface area contributed by atoms with E-state index in [1.54, 1.807) is 0 Å². The molecule has 0 bridgehead atoms. The van der Waals surface area contributed by atoms with Gasteiger partial charge in [-0.15, -0.1) is 0 Å². The standard InChI is InChI=1S/C17H30N4/c1-4-11-18-16-14(3)17(20-15(5-2)19-16)21-12-9-7-6-8-10-13-21/h4-13H2,1-3H3,(H,18,19,20). The fourth-order valence-electron chi connectivity index (χ4n) is 2.89. The van der Waals surface area contributed by atoms with Crippen molar-refractivity contribution < 1.29 is 0 Å². The highest BCUT2D eigenvalue weighted by atomic mass is 15.2. The lowest BCUT2D eigenvalue weighted by Crippen LogP contribution is -2.29. The van der Waals surface area contributed by atoms with Crippen LogP contribution in [0.3, 0.4) is 0 Å². The van der Waals surface area contributed by atoms with Crippen molar-refractivity contribution in [3.8, 4) is 0 Å². The van der Waals surface area contributed by atoms with Gasteiger partial charge in [0.25, 0.3) is 0 Å². The van der Waals surface area contributed by atoms with Crippen LogP contribution >= 0.6 is 0 Å². The SMILES string of the molecule is CCCNc1nc(CC)nc(N2CCCCCCC2)c1C. The van der Waals surface area contributed by atoms with Crippen molar-refractivity contribution in [2.75, 3.05) is 29.9 Å². The van der Waals surface area contributed by atoms with E-state index in [-0.39, 0.29) is 0 Å². The van der Waals surface area contributed by atoms with Crippen molar-refractivity contribution >= 4 is 11.6 Å². The molecule has 0 radical (unpaired) electrons. The summed E-state index contributed by atoms with van der Waals surface area (Å²) in [6.45, 7) is 9.71. The molecule has 4 heteroatoms. The van der Waals surface area contributed by atoms with Crippen molar-refractivity contribution in [3.05, 3.63) is 11.4 Å². The third kappa shape index (κ3) is 4.32. The van der Waals surface area contributed by atoms with Crippen LogP contribution < -0.4 is 10.2 Å². The smallest absolute Gasteiger partial charge is 0.137 e. The molecule has 0 atom stereocenters. The Kier molecular flexibility index (Phi) is 6.27. The predicted molar refractivity (Wildman–Crippen MR) is 90.2 cm³/mol. The first-order valence-corrected chi connectivity index (χ1v) is 8.62. The maximum Gasteiger partial charge on any atom is 0.137 e. The highest BCUT2D eigenvalue weighted by Gasteiger charge is 2.17. The number of rotatable bonds is 5. The van der Waals surface area contributed by atoms with E-state index >= 15 is 0 Å². The first-order valence-electron chi connectivity index (χ1n) is 8.62. The van der Waals surface area contributed by atoms with Gasteiger partial charge in [-0.3, -0.25) is 0 Å². The van der Waals surface area contributed by atoms with E-state index in [0.717, 1.165) is 49.9 Å². The molecule has 0 aliphatic carbocycles. The van der Waals surface area contributed by atoms with Gasteiger partial charge in [0, 0.05) is 31.6 Å². The zero-order valence-electron chi connectivity index (χ0n) is 13.9. The molecule has 1 aromatic rings. The lowest BCUT2D eigenvalue weighted by atomic mass is 10.1. The molecule has 21 heavy (non-hydrogen) atoms. The molecule has 1 aliphatic rings. The van der Waals surface area contributed by atoms with E-state index in [9.17, 15) is 0 Å². The molecular weight excluding hydrogens is 260 g/mol. The third-order valence-corrected chi connectivity index (χ3v) is 4.18. The van der Waals surface area contributed by atoms with Crippen LogP contribution in [0.15, 0.2) is 0 Å². The van der Waals surface area contributed by atoms with Crippen molar-refractivity contribution in [1.82, 2.24) is 9.97 Å². The van der Waals surface area contributed by atoms with Gasteiger partial charge < -0.3 is 10.2 Å². The Morgan fingerprint density at radius 2 is 1.67 bits per heavy atom. The van der Waals surface area contributed by atoms with Crippen LogP contribution in [0.4, 0.5) is 11.6 Å². The topological polar surface area (TPSA) is 41.1 Å². The van der Waals surface area contributed by atoms with Gasteiger partial charge in [0.15, 0.2) is 0 Å². The fraction of sp³-hybridized carbons (Fsp3) is 0.765. The predicted octanol–water partition coefficient (Wildman–Crippen LogP) is 3.94. The highest BCUT2D eigenvalue weighted by Crippen LogP contribution is 2.26. The number of nitrogens with one attached hydrogen (secondary N) is 1. The third-order valence-electron chi connectivity index (χ3n) is 4.18. The Morgan fingerprint density at radius 3 is 2.29 bits per heavy atom. The van der Waals surface area contributed by atoms with Crippen LogP contribution in [0.2, 0.25) is 0 Å². The summed E-state index contributed by atoms with van der Waals surface area (Å²) in [5.74, 6) is 3.14. The summed E-state index contributed by atoms with van der Waals surface area (Å²) in [6, 6.07) is 0. The van der Waals surface area contributed by atoms with Gasteiger partial charge in [-0.2, -0.15) is 0 Å². The maximum atomic E-state index is 4.83. The molecule has 1 aromatic heterocycles. The van der Waals surface area contributed by atoms with Crippen LogP contribution in [-0.2, 0) is 6.42 Å². The number of hydrogen-bond acceptors (Lipinski definition) is 4. The second-order valence-corrected chi connectivity index (χ2v) is 5.97. The maximum absolute atomic E-state index is 4.83.